The lowest BCUT2D eigenvalue weighted by Crippen LogP contribution is -2.59. The van der Waals surface area contributed by atoms with Gasteiger partial charge in [-0.3, -0.25) is 0 Å². The van der Waals surface area contributed by atoms with Gasteiger partial charge in [0, 0.05) is 5.56 Å². The van der Waals surface area contributed by atoms with Gasteiger partial charge < -0.3 is 54.0 Å². The number of aliphatic hydroxyl groups is 5. The van der Waals surface area contributed by atoms with Crippen LogP contribution in [-0.2, 0) is 9.47 Å². The number of hydrogen-bond donors (Lipinski definition) is 5. The van der Waals surface area contributed by atoms with Gasteiger partial charge in [-0.2, -0.15) is 0 Å². The molecule has 1 fully saturated rings. The Balaban J connectivity index is 1.50. The number of ether oxygens (including phenoxy) is 6. The van der Waals surface area contributed by atoms with E-state index in [0.717, 1.165) is 16.7 Å². The highest BCUT2D eigenvalue weighted by Crippen LogP contribution is 2.51. The molecule has 0 saturated carbocycles. The van der Waals surface area contributed by atoms with Gasteiger partial charge >= 0.3 is 0 Å². The fourth-order valence-electron chi connectivity index (χ4n) is 4.73. The van der Waals surface area contributed by atoms with Gasteiger partial charge in [0.2, 0.25) is 0 Å². The first-order chi connectivity index (χ1) is 18.4. The largest absolute Gasteiger partial charge is 0.493 e. The first-order valence-corrected chi connectivity index (χ1v) is 12.2. The third-order valence-corrected chi connectivity index (χ3v) is 6.78. The van der Waals surface area contributed by atoms with Crippen LogP contribution in [0.25, 0.3) is 6.08 Å². The molecule has 2 aromatic carbocycles. The van der Waals surface area contributed by atoms with E-state index in [0.29, 0.717) is 23.0 Å². The summed E-state index contributed by atoms with van der Waals surface area (Å²) < 4.78 is 33.4. The molecule has 0 radical (unpaired) electrons. The molecular weight excluding hydrogens is 500 g/mol. The van der Waals surface area contributed by atoms with E-state index in [1.807, 2.05) is 18.2 Å². The zero-order valence-corrected chi connectivity index (χ0v) is 21.4. The molecule has 0 bridgehead atoms. The number of benzene rings is 2. The monoisotopic (exact) mass is 534 g/mol. The normalized spacial score (nSPS) is 28.7. The van der Waals surface area contributed by atoms with Crippen LogP contribution in [0.5, 0.6) is 23.0 Å². The molecule has 7 unspecified atom stereocenters. The van der Waals surface area contributed by atoms with Crippen LogP contribution in [-0.4, -0.2) is 97.4 Å². The SMILES string of the molecule is COc1ccc(C2Oc3c(OC)cc(/C=C/COC4OC(CO)C(O)C(O)C4O)cc3C2CO)cc1OC. The van der Waals surface area contributed by atoms with Gasteiger partial charge in [-0.25, -0.2) is 0 Å². The summed E-state index contributed by atoms with van der Waals surface area (Å²) in [6.07, 6.45) is -3.73. The molecule has 208 valence electrons. The summed E-state index contributed by atoms with van der Waals surface area (Å²) in [5.41, 5.74) is 2.35. The predicted octanol–water partition coefficient (Wildman–Crippen LogP) is 0.752. The average Bonchev–Trinajstić information content (AvgIpc) is 3.32. The van der Waals surface area contributed by atoms with E-state index in [2.05, 4.69) is 0 Å². The summed E-state index contributed by atoms with van der Waals surface area (Å²) in [6.45, 7) is -0.688. The molecule has 0 aromatic heterocycles. The highest BCUT2D eigenvalue weighted by Gasteiger charge is 2.44. The number of fused-ring (bicyclic) bond motifs is 1. The topological polar surface area (TPSA) is 157 Å². The maximum atomic E-state index is 10.3. The third-order valence-electron chi connectivity index (χ3n) is 6.78. The van der Waals surface area contributed by atoms with Crippen molar-refractivity contribution in [1.82, 2.24) is 0 Å². The predicted molar refractivity (Wildman–Crippen MR) is 134 cm³/mol. The Hall–Kier alpha value is -2.90. The number of aliphatic hydroxyl groups excluding tert-OH is 5. The van der Waals surface area contributed by atoms with E-state index in [1.54, 1.807) is 38.5 Å². The number of hydrogen-bond acceptors (Lipinski definition) is 11. The minimum Gasteiger partial charge on any atom is -0.493 e. The highest BCUT2D eigenvalue weighted by atomic mass is 16.7. The van der Waals surface area contributed by atoms with Crippen LogP contribution in [0.4, 0.5) is 0 Å². The van der Waals surface area contributed by atoms with Crippen molar-refractivity contribution >= 4 is 6.08 Å². The van der Waals surface area contributed by atoms with Crippen LogP contribution in [0.15, 0.2) is 36.4 Å². The van der Waals surface area contributed by atoms with Crippen molar-refractivity contribution in [3.8, 4) is 23.0 Å². The van der Waals surface area contributed by atoms with Gasteiger partial charge in [0.1, 0.15) is 30.5 Å². The van der Waals surface area contributed by atoms with Crippen molar-refractivity contribution in [2.24, 2.45) is 0 Å². The van der Waals surface area contributed by atoms with E-state index in [1.165, 1.54) is 7.11 Å². The van der Waals surface area contributed by atoms with Gasteiger partial charge in [0.05, 0.1) is 47.1 Å². The molecule has 2 aromatic rings. The van der Waals surface area contributed by atoms with Gasteiger partial charge in [-0.15, -0.1) is 0 Å². The average molecular weight is 535 g/mol. The summed E-state index contributed by atoms with van der Waals surface area (Å²) in [4.78, 5) is 0. The van der Waals surface area contributed by atoms with Gasteiger partial charge in [-0.05, 0) is 35.4 Å². The molecular formula is C27H34O11. The van der Waals surface area contributed by atoms with Crippen molar-refractivity contribution in [3.05, 3.63) is 53.1 Å². The van der Waals surface area contributed by atoms with Crippen LogP contribution in [0, 0.1) is 0 Å². The lowest BCUT2D eigenvalue weighted by molar-refractivity contribution is -0.298. The molecule has 2 heterocycles. The molecule has 38 heavy (non-hydrogen) atoms. The Bertz CT molecular complexity index is 1120. The van der Waals surface area contributed by atoms with Crippen molar-refractivity contribution in [3.63, 3.8) is 0 Å². The summed E-state index contributed by atoms with van der Waals surface area (Å²) in [5.74, 6) is 1.81. The Kier molecular flexibility index (Phi) is 9.11. The lowest BCUT2D eigenvalue weighted by atomic mass is 9.90. The van der Waals surface area contributed by atoms with Crippen LogP contribution in [0.3, 0.4) is 0 Å². The molecule has 0 spiro atoms. The second-order valence-corrected chi connectivity index (χ2v) is 9.02. The van der Waals surface area contributed by atoms with Gasteiger partial charge in [-0.1, -0.05) is 18.2 Å². The van der Waals surface area contributed by atoms with E-state index < -0.39 is 43.4 Å². The molecule has 4 rings (SSSR count). The Morgan fingerprint density at radius 2 is 1.58 bits per heavy atom. The van der Waals surface area contributed by atoms with E-state index >= 15 is 0 Å². The van der Waals surface area contributed by atoms with Crippen molar-refractivity contribution in [2.45, 2.75) is 42.7 Å². The molecule has 11 heteroatoms. The number of methoxy groups -OCH3 is 3. The third kappa shape index (κ3) is 5.45. The minimum absolute atomic E-state index is 0.0102. The van der Waals surface area contributed by atoms with Crippen LogP contribution in [0.1, 0.15) is 28.7 Å². The van der Waals surface area contributed by atoms with Gasteiger partial charge in [0.15, 0.2) is 29.3 Å². The molecule has 2 aliphatic heterocycles. The van der Waals surface area contributed by atoms with Gasteiger partial charge in [0.25, 0.3) is 0 Å². The maximum absolute atomic E-state index is 10.3. The highest BCUT2D eigenvalue weighted by molar-refractivity contribution is 5.62. The summed E-state index contributed by atoms with van der Waals surface area (Å²) in [6, 6.07) is 9.15. The van der Waals surface area contributed by atoms with Crippen LogP contribution >= 0.6 is 0 Å². The van der Waals surface area contributed by atoms with E-state index in [4.69, 9.17) is 28.4 Å². The molecule has 11 nitrogen and oxygen atoms in total. The molecule has 2 aliphatic rings. The zero-order valence-electron chi connectivity index (χ0n) is 21.4. The fraction of sp³-hybridized carbons (Fsp3) is 0.481. The van der Waals surface area contributed by atoms with Crippen molar-refractivity contribution in [1.29, 1.82) is 0 Å². The van der Waals surface area contributed by atoms with E-state index in [-0.39, 0.29) is 19.1 Å². The Labute approximate surface area is 220 Å². The van der Waals surface area contributed by atoms with Crippen molar-refractivity contribution in [2.75, 3.05) is 41.2 Å². The Morgan fingerprint density at radius 1 is 0.842 bits per heavy atom. The minimum atomic E-state index is -1.51. The van der Waals surface area contributed by atoms with Crippen molar-refractivity contribution < 1.29 is 54.0 Å². The molecule has 0 aliphatic carbocycles. The van der Waals surface area contributed by atoms with Crippen LogP contribution < -0.4 is 18.9 Å². The second kappa shape index (κ2) is 12.3. The molecule has 5 N–H and O–H groups in total. The first-order valence-electron chi connectivity index (χ1n) is 12.2. The summed E-state index contributed by atoms with van der Waals surface area (Å²) in [7, 11) is 4.65. The quantitative estimate of drug-likeness (QED) is 0.293. The Morgan fingerprint density at radius 3 is 2.24 bits per heavy atom. The number of rotatable bonds is 10. The standard InChI is InChI=1S/C27H34O11/c1-33-18-7-6-15(11-19(18)34-2)25-17(12-28)16-9-14(10-20(35-3)26(16)38-25)5-4-8-36-27-24(32)23(31)22(30)21(13-29)37-27/h4-7,9-11,17,21-25,27-32H,8,12-13H2,1-3H3/b5-4+. The lowest BCUT2D eigenvalue weighted by Gasteiger charge is -2.39. The summed E-state index contributed by atoms with van der Waals surface area (Å²) >= 11 is 0. The first kappa shape index (κ1) is 28.1. The molecule has 0 amide bonds. The zero-order chi connectivity index (χ0) is 27.4. The smallest absolute Gasteiger partial charge is 0.187 e. The maximum Gasteiger partial charge on any atom is 0.187 e. The molecule has 1 saturated heterocycles. The second-order valence-electron chi connectivity index (χ2n) is 9.02. The summed E-state index contributed by atoms with van der Waals surface area (Å²) in [5, 5.41) is 49.5. The fourth-order valence-corrected chi connectivity index (χ4v) is 4.73. The van der Waals surface area contributed by atoms with E-state index in [9.17, 15) is 25.5 Å². The molecule has 7 atom stereocenters. The van der Waals surface area contributed by atoms with Crippen LogP contribution in [0.2, 0.25) is 0 Å².